The van der Waals surface area contributed by atoms with Crippen LogP contribution in [0.25, 0.3) is 0 Å². The summed E-state index contributed by atoms with van der Waals surface area (Å²) in [6, 6.07) is 6.23. The molecule has 0 saturated carbocycles. The Morgan fingerprint density at radius 1 is 1.19 bits per heavy atom. The highest BCUT2D eigenvalue weighted by Gasteiger charge is 2.14. The Bertz CT molecular complexity index is 359. The molecule has 1 aromatic rings. The van der Waals surface area contributed by atoms with Crippen molar-refractivity contribution < 1.29 is 0 Å². The number of aryl methyl sites for hydroxylation is 1. The minimum Gasteiger partial charge on any atom is -0.398 e. The molecule has 0 aliphatic heterocycles. The highest BCUT2D eigenvalue weighted by Crippen LogP contribution is 2.32. The van der Waals surface area contributed by atoms with Crippen molar-refractivity contribution >= 4 is 5.69 Å². The van der Waals surface area contributed by atoms with Crippen LogP contribution in [-0.2, 0) is 0 Å². The molecule has 0 amide bonds. The third-order valence-electron chi connectivity index (χ3n) is 3.48. The van der Waals surface area contributed by atoms with E-state index in [2.05, 4.69) is 25.1 Å². The first-order chi connectivity index (χ1) is 7.79. The molecule has 1 aliphatic carbocycles. The van der Waals surface area contributed by atoms with Crippen molar-refractivity contribution in [1.29, 1.82) is 0 Å². The van der Waals surface area contributed by atoms with Gasteiger partial charge in [0.25, 0.3) is 0 Å². The molecule has 1 aromatic carbocycles. The van der Waals surface area contributed by atoms with Crippen molar-refractivity contribution in [2.45, 2.75) is 44.9 Å². The lowest BCUT2D eigenvalue weighted by molar-refractivity contribution is 0.597. The largest absolute Gasteiger partial charge is 0.398 e. The van der Waals surface area contributed by atoms with Crippen LogP contribution in [-0.4, -0.2) is 0 Å². The summed E-state index contributed by atoms with van der Waals surface area (Å²) in [7, 11) is 0. The Balaban J connectivity index is 2.30. The van der Waals surface area contributed by atoms with Crippen molar-refractivity contribution in [3.8, 4) is 0 Å². The summed E-state index contributed by atoms with van der Waals surface area (Å²) >= 11 is 0. The van der Waals surface area contributed by atoms with Gasteiger partial charge in [-0.15, -0.1) is 0 Å². The van der Waals surface area contributed by atoms with Gasteiger partial charge in [0.05, 0.1) is 0 Å². The van der Waals surface area contributed by atoms with Crippen LogP contribution in [0.3, 0.4) is 0 Å². The zero-order valence-electron chi connectivity index (χ0n) is 10.1. The van der Waals surface area contributed by atoms with Gasteiger partial charge in [-0.2, -0.15) is 0 Å². The number of nitrogen functional groups attached to an aromatic ring is 1. The normalized spacial score (nSPS) is 23.4. The van der Waals surface area contributed by atoms with Crippen molar-refractivity contribution in [2.75, 3.05) is 5.73 Å². The molecule has 2 N–H and O–H groups in total. The first-order valence-corrected chi connectivity index (χ1v) is 6.30. The molecule has 1 heteroatoms. The average Bonchev–Trinajstić information content (AvgIpc) is 2.20. The predicted octanol–water partition coefficient (Wildman–Crippen LogP) is 4.18. The monoisotopic (exact) mass is 215 g/mol. The number of allylic oxidation sites excluding steroid dienone is 2. The zero-order chi connectivity index (χ0) is 11.4. The topological polar surface area (TPSA) is 26.0 Å². The molecule has 0 spiro atoms. The molecule has 1 atom stereocenters. The smallest absolute Gasteiger partial charge is 0.0355 e. The fourth-order valence-electron chi connectivity index (χ4n) is 2.61. The van der Waals surface area contributed by atoms with Gasteiger partial charge < -0.3 is 5.73 Å². The fourth-order valence-corrected chi connectivity index (χ4v) is 2.61. The highest BCUT2D eigenvalue weighted by atomic mass is 14.6. The Hall–Kier alpha value is -1.24. The molecule has 1 aliphatic rings. The number of rotatable bonds is 1. The van der Waals surface area contributed by atoms with Crippen molar-refractivity contribution in [2.24, 2.45) is 0 Å². The molecule has 0 aromatic heterocycles. The van der Waals surface area contributed by atoms with Crippen LogP contribution in [0.2, 0.25) is 0 Å². The summed E-state index contributed by atoms with van der Waals surface area (Å²) in [5.74, 6) is 0.529. The van der Waals surface area contributed by atoms with Gasteiger partial charge in [0.15, 0.2) is 0 Å². The van der Waals surface area contributed by atoms with Crippen LogP contribution < -0.4 is 5.73 Å². The van der Waals surface area contributed by atoms with Crippen LogP contribution in [0.4, 0.5) is 5.69 Å². The van der Waals surface area contributed by atoms with E-state index in [1.807, 2.05) is 12.1 Å². The van der Waals surface area contributed by atoms with E-state index >= 15 is 0 Å². The average molecular weight is 215 g/mol. The zero-order valence-corrected chi connectivity index (χ0v) is 10.1. The van der Waals surface area contributed by atoms with Gasteiger partial charge in [-0.25, -0.2) is 0 Å². The summed E-state index contributed by atoms with van der Waals surface area (Å²) in [4.78, 5) is 0. The summed E-state index contributed by atoms with van der Waals surface area (Å²) in [6.45, 7) is 2.16. The summed E-state index contributed by atoms with van der Waals surface area (Å²) in [5.41, 5.74) is 9.74. The molecule has 0 bridgehead atoms. The van der Waals surface area contributed by atoms with Crippen molar-refractivity contribution in [1.82, 2.24) is 0 Å². The second-order valence-corrected chi connectivity index (χ2v) is 4.75. The van der Waals surface area contributed by atoms with Crippen molar-refractivity contribution in [3.05, 3.63) is 41.5 Å². The Morgan fingerprint density at radius 2 is 2.06 bits per heavy atom. The lowest BCUT2D eigenvalue weighted by Gasteiger charge is -2.19. The van der Waals surface area contributed by atoms with Crippen LogP contribution in [0.15, 0.2) is 30.4 Å². The van der Waals surface area contributed by atoms with Crippen LogP contribution >= 0.6 is 0 Å². The minimum absolute atomic E-state index is 0.529. The molecule has 16 heavy (non-hydrogen) atoms. The number of hydrogen-bond donors (Lipinski definition) is 1. The van der Waals surface area contributed by atoms with Crippen LogP contribution in [0, 0.1) is 6.92 Å². The van der Waals surface area contributed by atoms with E-state index in [9.17, 15) is 0 Å². The first-order valence-electron chi connectivity index (χ1n) is 6.30. The molecule has 86 valence electrons. The maximum absolute atomic E-state index is 6.11. The van der Waals surface area contributed by atoms with E-state index in [1.165, 1.54) is 43.2 Å². The SMILES string of the molecule is Cc1cccc(N)c1C1/C=C\CCCCC1. The van der Waals surface area contributed by atoms with Gasteiger partial charge >= 0.3 is 0 Å². The predicted molar refractivity (Wildman–Crippen MR) is 70.6 cm³/mol. The Labute approximate surface area is 98.4 Å². The second-order valence-electron chi connectivity index (χ2n) is 4.75. The molecule has 0 fully saturated rings. The summed E-state index contributed by atoms with van der Waals surface area (Å²) in [5, 5.41) is 0. The van der Waals surface area contributed by atoms with Crippen molar-refractivity contribution in [3.63, 3.8) is 0 Å². The third-order valence-corrected chi connectivity index (χ3v) is 3.48. The second kappa shape index (κ2) is 5.20. The molecular weight excluding hydrogens is 194 g/mol. The van der Waals surface area contributed by atoms with E-state index in [1.54, 1.807) is 0 Å². The van der Waals surface area contributed by atoms with Gasteiger partial charge in [-0.1, -0.05) is 37.1 Å². The highest BCUT2D eigenvalue weighted by molar-refractivity contribution is 5.53. The number of anilines is 1. The van der Waals surface area contributed by atoms with Gasteiger partial charge in [0.2, 0.25) is 0 Å². The maximum Gasteiger partial charge on any atom is 0.0355 e. The maximum atomic E-state index is 6.11. The summed E-state index contributed by atoms with van der Waals surface area (Å²) < 4.78 is 0. The van der Waals surface area contributed by atoms with Crippen LogP contribution in [0.1, 0.15) is 49.1 Å². The molecule has 0 heterocycles. The quantitative estimate of drug-likeness (QED) is 0.552. The molecular formula is C15H21N. The lowest BCUT2D eigenvalue weighted by atomic mass is 9.87. The van der Waals surface area contributed by atoms with E-state index in [4.69, 9.17) is 5.73 Å². The van der Waals surface area contributed by atoms with E-state index in [0.717, 1.165) is 5.69 Å². The van der Waals surface area contributed by atoms with E-state index in [0.29, 0.717) is 5.92 Å². The van der Waals surface area contributed by atoms with Gasteiger partial charge in [0.1, 0.15) is 0 Å². The number of hydrogen-bond acceptors (Lipinski definition) is 1. The Kier molecular flexibility index (Phi) is 3.66. The molecule has 1 nitrogen and oxygen atoms in total. The van der Waals surface area contributed by atoms with Gasteiger partial charge in [-0.3, -0.25) is 0 Å². The number of nitrogens with two attached hydrogens (primary N) is 1. The first kappa shape index (κ1) is 11.3. The van der Waals surface area contributed by atoms with Gasteiger partial charge in [-0.05, 0) is 43.4 Å². The third kappa shape index (κ3) is 2.46. The van der Waals surface area contributed by atoms with E-state index < -0.39 is 0 Å². The lowest BCUT2D eigenvalue weighted by Crippen LogP contribution is -2.04. The van der Waals surface area contributed by atoms with E-state index in [-0.39, 0.29) is 0 Å². The van der Waals surface area contributed by atoms with Crippen LogP contribution in [0.5, 0.6) is 0 Å². The van der Waals surface area contributed by atoms with Gasteiger partial charge in [0, 0.05) is 11.6 Å². The molecule has 0 saturated heterocycles. The molecule has 2 rings (SSSR count). The summed E-state index contributed by atoms with van der Waals surface area (Å²) in [6.07, 6.45) is 11.2. The fraction of sp³-hybridized carbons (Fsp3) is 0.467. The molecule has 0 radical (unpaired) electrons. The standard InChI is InChI=1S/C15H21N/c1-12-8-7-11-14(16)15(12)13-9-5-3-2-4-6-10-13/h5,7-9,11,13H,2-4,6,10,16H2,1H3/b9-5-. The minimum atomic E-state index is 0.529. The number of benzene rings is 1. The molecule has 1 unspecified atom stereocenters. The Morgan fingerprint density at radius 3 is 2.88 bits per heavy atom.